The molecular weight excluding hydrogens is 271 g/mol. The molecule has 0 aliphatic heterocycles. The minimum atomic E-state index is -1.98. The van der Waals surface area contributed by atoms with Crippen LogP contribution in [0.15, 0.2) is 4.99 Å². The highest BCUT2D eigenvalue weighted by atomic mass is 32.9. The fraction of sp³-hybridized carbons (Fsp3) is 0.909. The molecule has 1 saturated carbocycles. The zero-order valence-corrected chi connectivity index (χ0v) is 13.4. The molecule has 3 nitrogen and oxygen atoms in total. The van der Waals surface area contributed by atoms with E-state index in [2.05, 4.69) is 23.9 Å². The summed E-state index contributed by atoms with van der Waals surface area (Å²) in [6, 6.07) is 0.497. The van der Waals surface area contributed by atoms with Gasteiger partial charge in [0.15, 0.2) is 0 Å². The highest BCUT2D eigenvalue weighted by molar-refractivity contribution is 8.69. The zero-order chi connectivity index (χ0) is 12.7. The fourth-order valence-corrected chi connectivity index (χ4v) is 6.70. The van der Waals surface area contributed by atoms with Crippen LogP contribution in [0.2, 0.25) is 0 Å². The van der Waals surface area contributed by atoms with Crippen molar-refractivity contribution in [2.24, 2.45) is 4.99 Å². The molecule has 1 aliphatic rings. The number of hydrogen-bond donors (Lipinski definition) is 1. The third kappa shape index (κ3) is 5.73. The molecule has 100 valence electrons. The molecule has 0 aromatic carbocycles. The molecule has 6 heteroatoms. The van der Waals surface area contributed by atoms with Crippen molar-refractivity contribution in [2.75, 3.05) is 7.11 Å². The second-order valence-electron chi connectivity index (χ2n) is 4.35. The average Bonchev–Trinajstić information content (AvgIpc) is 2.82. The van der Waals surface area contributed by atoms with E-state index in [0.717, 1.165) is 6.42 Å². The Labute approximate surface area is 114 Å². The van der Waals surface area contributed by atoms with Crippen LogP contribution in [0.1, 0.15) is 46.0 Å². The molecule has 17 heavy (non-hydrogen) atoms. The Morgan fingerprint density at radius 1 is 1.59 bits per heavy atom. The van der Waals surface area contributed by atoms with Crippen LogP contribution in [0.4, 0.5) is 0 Å². The molecule has 0 amide bonds. The van der Waals surface area contributed by atoms with Crippen molar-refractivity contribution in [3.8, 4) is 0 Å². The van der Waals surface area contributed by atoms with Gasteiger partial charge in [0.25, 0.3) is 0 Å². The number of nitrogens with one attached hydrogen (secondary N) is 1. The summed E-state index contributed by atoms with van der Waals surface area (Å²) in [7, 11) is 1.69. The number of rotatable bonds is 7. The van der Waals surface area contributed by atoms with Crippen molar-refractivity contribution in [3.63, 3.8) is 0 Å². The lowest BCUT2D eigenvalue weighted by molar-refractivity contribution is 0.467. The molecule has 0 aromatic rings. The van der Waals surface area contributed by atoms with Crippen LogP contribution >= 0.6 is 17.0 Å². The summed E-state index contributed by atoms with van der Waals surface area (Å²) in [6.45, 7) is 4.35. The molecule has 0 bridgehead atoms. The van der Waals surface area contributed by atoms with Crippen molar-refractivity contribution < 1.29 is 4.52 Å². The van der Waals surface area contributed by atoms with Crippen molar-refractivity contribution in [3.05, 3.63) is 0 Å². The smallest absolute Gasteiger partial charge is 0.211 e. The van der Waals surface area contributed by atoms with Gasteiger partial charge in [-0.3, -0.25) is 4.99 Å². The van der Waals surface area contributed by atoms with E-state index in [-0.39, 0.29) is 0 Å². The molecule has 2 unspecified atom stereocenters. The lowest BCUT2D eigenvalue weighted by Crippen LogP contribution is -2.11. The first kappa shape index (κ1) is 15.5. The molecular formula is C11H23N2OPS2. The van der Waals surface area contributed by atoms with E-state index in [1.165, 1.54) is 25.7 Å². The molecule has 2 atom stereocenters. The number of hydrogen-bond acceptors (Lipinski definition) is 4. The Hall–Kier alpha value is 0.430. The van der Waals surface area contributed by atoms with Crippen LogP contribution in [-0.4, -0.2) is 24.7 Å². The summed E-state index contributed by atoms with van der Waals surface area (Å²) < 4.78 is 5.46. The maximum atomic E-state index is 5.54. The Morgan fingerprint density at radius 3 is 2.76 bits per heavy atom. The number of nitrogens with zero attached hydrogens (tertiary/aromatic N) is 1. The quantitative estimate of drug-likeness (QED) is 0.438. The van der Waals surface area contributed by atoms with E-state index >= 15 is 0 Å². The maximum absolute atomic E-state index is 5.54. The van der Waals surface area contributed by atoms with Gasteiger partial charge in [0.1, 0.15) is 0 Å². The highest BCUT2D eigenvalue weighted by Crippen LogP contribution is 2.57. The Morgan fingerprint density at radius 2 is 2.24 bits per heavy atom. The van der Waals surface area contributed by atoms with Crippen molar-refractivity contribution in [2.45, 2.75) is 57.2 Å². The largest absolute Gasteiger partial charge is 0.330 e. The van der Waals surface area contributed by atoms with E-state index in [0.29, 0.717) is 11.3 Å². The predicted octanol–water partition coefficient (Wildman–Crippen LogP) is 3.95. The average molecular weight is 294 g/mol. The third-order valence-corrected chi connectivity index (χ3v) is 9.06. The van der Waals surface area contributed by atoms with Gasteiger partial charge in [-0.15, -0.1) is 0 Å². The van der Waals surface area contributed by atoms with Crippen LogP contribution < -0.4 is 5.09 Å². The summed E-state index contributed by atoms with van der Waals surface area (Å²) >= 11 is 7.27. The van der Waals surface area contributed by atoms with E-state index in [4.69, 9.17) is 16.3 Å². The molecule has 1 fully saturated rings. The van der Waals surface area contributed by atoms with Gasteiger partial charge in [-0.1, -0.05) is 38.1 Å². The summed E-state index contributed by atoms with van der Waals surface area (Å²) in [5, 5.41) is 3.73. The molecule has 0 heterocycles. The zero-order valence-electron chi connectivity index (χ0n) is 10.9. The lowest BCUT2D eigenvalue weighted by Gasteiger charge is -2.22. The minimum Gasteiger partial charge on any atom is -0.330 e. The van der Waals surface area contributed by atoms with Crippen LogP contribution in [0.25, 0.3) is 0 Å². The Bertz CT molecular complexity index is 293. The first-order valence-corrected chi connectivity index (χ1v) is 10.4. The topological polar surface area (TPSA) is 33.6 Å². The van der Waals surface area contributed by atoms with Crippen LogP contribution in [0.3, 0.4) is 0 Å². The van der Waals surface area contributed by atoms with Crippen molar-refractivity contribution >= 4 is 35.1 Å². The van der Waals surface area contributed by atoms with Gasteiger partial charge in [0.05, 0.1) is 12.4 Å². The second kappa shape index (κ2) is 7.78. The second-order valence-corrected chi connectivity index (χ2v) is 11.4. The SMILES string of the molecule is CCC(C)SP(=S)(NC=NC1CCCC1)OC. The summed E-state index contributed by atoms with van der Waals surface area (Å²) in [6.07, 6.45) is 7.94. The normalized spacial score (nSPS) is 22.8. The fourth-order valence-electron chi connectivity index (χ4n) is 1.70. The van der Waals surface area contributed by atoms with Crippen molar-refractivity contribution in [1.29, 1.82) is 0 Å². The molecule has 0 spiro atoms. The van der Waals surface area contributed by atoms with Gasteiger partial charge in [0.2, 0.25) is 5.62 Å². The van der Waals surface area contributed by atoms with Crippen LogP contribution in [-0.2, 0) is 16.3 Å². The van der Waals surface area contributed by atoms with E-state index < -0.39 is 5.62 Å². The summed E-state index contributed by atoms with van der Waals surface area (Å²) in [4.78, 5) is 4.52. The van der Waals surface area contributed by atoms with Gasteiger partial charge in [-0.05, 0) is 31.1 Å². The predicted molar refractivity (Wildman–Crippen MR) is 82.5 cm³/mol. The first-order chi connectivity index (χ1) is 8.09. The van der Waals surface area contributed by atoms with Gasteiger partial charge in [-0.25, -0.2) is 0 Å². The van der Waals surface area contributed by atoms with Gasteiger partial charge < -0.3 is 9.61 Å². The Kier molecular flexibility index (Phi) is 7.08. The summed E-state index contributed by atoms with van der Waals surface area (Å²) in [5.74, 6) is 0. The van der Waals surface area contributed by atoms with Crippen LogP contribution in [0, 0.1) is 0 Å². The third-order valence-electron chi connectivity index (χ3n) is 2.96. The molecule has 1 rings (SSSR count). The minimum absolute atomic E-state index is 0.497. The molecule has 0 aromatic heterocycles. The van der Waals surface area contributed by atoms with E-state index in [1.54, 1.807) is 24.8 Å². The molecule has 1 N–H and O–H groups in total. The maximum Gasteiger partial charge on any atom is 0.211 e. The monoisotopic (exact) mass is 294 g/mol. The Balaban J connectivity index is 2.41. The summed E-state index contributed by atoms with van der Waals surface area (Å²) in [5.41, 5.74) is -1.98. The molecule has 0 radical (unpaired) electrons. The van der Waals surface area contributed by atoms with E-state index in [1.807, 2.05) is 0 Å². The van der Waals surface area contributed by atoms with E-state index in [9.17, 15) is 0 Å². The van der Waals surface area contributed by atoms with Gasteiger partial charge in [-0.2, -0.15) is 0 Å². The standard InChI is InChI=1S/C11H23N2OPS2/c1-4-10(2)17-15(16,14-3)13-9-12-11-7-5-6-8-11/h9-11H,4-8H2,1-3H3,(H,12,13,16). The molecule has 1 aliphatic carbocycles. The van der Waals surface area contributed by atoms with Gasteiger partial charge >= 0.3 is 0 Å². The van der Waals surface area contributed by atoms with Gasteiger partial charge in [0, 0.05) is 12.4 Å². The van der Waals surface area contributed by atoms with Crippen LogP contribution in [0.5, 0.6) is 0 Å². The molecule has 0 saturated heterocycles. The lowest BCUT2D eigenvalue weighted by atomic mass is 10.3. The number of aliphatic imine (C=N–C) groups is 1. The highest BCUT2D eigenvalue weighted by Gasteiger charge is 2.19. The van der Waals surface area contributed by atoms with Crippen molar-refractivity contribution in [1.82, 2.24) is 5.09 Å². The first-order valence-electron chi connectivity index (χ1n) is 6.23.